The molecule has 1 fully saturated rings. The van der Waals surface area contributed by atoms with E-state index in [0.717, 1.165) is 25.7 Å². The van der Waals surface area contributed by atoms with Crippen molar-refractivity contribution < 1.29 is 10.2 Å². The number of aromatic nitrogens is 2. The largest absolute Gasteiger partial charge is 0.363 e. The first-order valence-corrected chi connectivity index (χ1v) is 5.14. The van der Waals surface area contributed by atoms with E-state index in [9.17, 15) is 4.79 Å². The van der Waals surface area contributed by atoms with Crippen LogP contribution in [0.1, 0.15) is 43.7 Å². The van der Waals surface area contributed by atoms with Gasteiger partial charge in [-0.25, -0.2) is 4.68 Å². The highest BCUT2D eigenvalue weighted by Gasteiger charge is 2.19. The maximum atomic E-state index is 11.5. The molecule has 1 heterocycles. The van der Waals surface area contributed by atoms with Crippen LogP contribution in [0.2, 0.25) is 0 Å². The van der Waals surface area contributed by atoms with Crippen molar-refractivity contribution in [2.45, 2.75) is 38.0 Å². The monoisotopic (exact) mass is 210 g/mol. The van der Waals surface area contributed by atoms with Crippen molar-refractivity contribution in [1.29, 1.82) is 0 Å². The molecular weight excluding hydrogens is 196 g/mol. The predicted octanol–water partition coefficient (Wildman–Crippen LogP) is 0.342. The second-order valence-electron chi connectivity index (χ2n) is 3.85. The molecular formula is C10H14N2O3. The average molecular weight is 210 g/mol. The lowest BCUT2D eigenvalue weighted by Crippen LogP contribution is -2.26. The molecule has 0 amide bonds. The maximum absolute atomic E-state index is 11.5. The SMILES string of the molecule is O=c1ccc(C(O)O)nn1C1CCCC1. The van der Waals surface area contributed by atoms with E-state index in [-0.39, 0.29) is 17.3 Å². The summed E-state index contributed by atoms with van der Waals surface area (Å²) in [4.78, 5) is 11.5. The number of aliphatic hydroxyl groups is 2. The Kier molecular flexibility index (Phi) is 2.83. The van der Waals surface area contributed by atoms with E-state index in [4.69, 9.17) is 10.2 Å². The molecule has 0 spiro atoms. The smallest absolute Gasteiger partial charge is 0.267 e. The summed E-state index contributed by atoms with van der Waals surface area (Å²) in [7, 11) is 0. The van der Waals surface area contributed by atoms with Crippen molar-refractivity contribution >= 4 is 0 Å². The van der Waals surface area contributed by atoms with Gasteiger partial charge in [-0.3, -0.25) is 4.79 Å². The quantitative estimate of drug-likeness (QED) is 0.690. The van der Waals surface area contributed by atoms with E-state index in [0.29, 0.717) is 0 Å². The summed E-state index contributed by atoms with van der Waals surface area (Å²) >= 11 is 0. The van der Waals surface area contributed by atoms with Crippen LogP contribution in [0, 0.1) is 0 Å². The fourth-order valence-electron chi connectivity index (χ4n) is 1.99. The van der Waals surface area contributed by atoms with Gasteiger partial charge in [0.15, 0.2) is 6.29 Å². The molecule has 0 unspecified atom stereocenters. The van der Waals surface area contributed by atoms with Crippen LogP contribution in [0.5, 0.6) is 0 Å². The van der Waals surface area contributed by atoms with Gasteiger partial charge >= 0.3 is 0 Å². The molecule has 2 rings (SSSR count). The molecule has 0 radical (unpaired) electrons. The highest BCUT2D eigenvalue weighted by molar-refractivity contribution is 5.02. The van der Waals surface area contributed by atoms with Gasteiger partial charge in [0.2, 0.25) is 0 Å². The molecule has 82 valence electrons. The van der Waals surface area contributed by atoms with Crippen LogP contribution in [-0.4, -0.2) is 20.0 Å². The van der Waals surface area contributed by atoms with Crippen molar-refractivity contribution in [3.8, 4) is 0 Å². The van der Waals surface area contributed by atoms with Crippen molar-refractivity contribution in [2.75, 3.05) is 0 Å². The van der Waals surface area contributed by atoms with Crippen molar-refractivity contribution in [3.05, 3.63) is 28.2 Å². The van der Waals surface area contributed by atoms with Crippen molar-refractivity contribution in [1.82, 2.24) is 9.78 Å². The second kappa shape index (κ2) is 4.12. The summed E-state index contributed by atoms with van der Waals surface area (Å²) in [5.74, 6) is 0. The highest BCUT2D eigenvalue weighted by atomic mass is 16.5. The molecule has 0 atom stereocenters. The molecule has 2 N–H and O–H groups in total. The predicted molar refractivity (Wildman–Crippen MR) is 53.2 cm³/mol. The third-order valence-electron chi connectivity index (χ3n) is 2.78. The van der Waals surface area contributed by atoms with Crippen LogP contribution in [0.3, 0.4) is 0 Å². The summed E-state index contributed by atoms with van der Waals surface area (Å²) < 4.78 is 1.38. The lowest BCUT2D eigenvalue weighted by atomic mass is 10.2. The molecule has 1 aliphatic carbocycles. The highest BCUT2D eigenvalue weighted by Crippen LogP contribution is 2.27. The van der Waals surface area contributed by atoms with Gasteiger partial charge in [0.05, 0.1) is 6.04 Å². The fourth-order valence-corrected chi connectivity index (χ4v) is 1.99. The number of aliphatic hydroxyl groups excluding tert-OH is 1. The molecule has 5 heteroatoms. The van der Waals surface area contributed by atoms with Gasteiger partial charge in [0.1, 0.15) is 5.69 Å². The lowest BCUT2D eigenvalue weighted by Gasteiger charge is -2.13. The minimum Gasteiger partial charge on any atom is -0.363 e. The minimum absolute atomic E-state index is 0.121. The van der Waals surface area contributed by atoms with Gasteiger partial charge in [-0.05, 0) is 18.9 Å². The Balaban J connectivity index is 2.36. The number of rotatable bonds is 2. The third-order valence-corrected chi connectivity index (χ3v) is 2.78. The molecule has 15 heavy (non-hydrogen) atoms. The van der Waals surface area contributed by atoms with Crippen LogP contribution in [-0.2, 0) is 0 Å². The van der Waals surface area contributed by atoms with Gasteiger partial charge in [-0.15, -0.1) is 0 Å². The third kappa shape index (κ3) is 2.08. The van der Waals surface area contributed by atoms with Crippen LogP contribution in [0.15, 0.2) is 16.9 Å². The van der Waals surface area contributed by atoms with Crippen LogP contribution >= 0.6 is 0 Å². The summed E-state index contributed by atoms with van der Waals surface area (Å²) in [6, 6.07) is 2.80. The number of hydrogen-bond donors (Lipinski definition) is 2. The van der Waals surface area contributed by atoms with Gasteiger partial charge in [-0.1, -0.05) is 12.8 Å². The Morgan fingerprint density at radius 3 is 2.60 bits per heavy atom. The summed E-state index contributed by atoms with van der Waals surface area (Å²) in [5.41, 5.74) is -0.0483. The Morgan fingerprint density at radius 1 is 1.33 bits per heavy atom. The standard InChI is InChI=1S/C10H14N2O3/c13-9-6-5-8(10(14)15)11-12(9)7-3-1-2-4-7/h5-7,10,14-15H,1-4H2. The minimum atomic E-state index is -1.61. The van der Waals surface area contributed by atoms with E-state index in [1.54, 1.807) is 0 Å². The summed E-state index contributed by atoms with van der Waals surface area (Å²) in [5, 5.41) is 21.9. The normalized spacial score (nSPS) is 17.5. The molecule has 0 saturated heterocycles. The second-order valence-corrected chi connectivity index (χ2v) is 3.85. The molecule has 0 bridgehead atoms. The fraction of sp³-hybridized carbons (Fsp3) is 0.600. The molecule has 1 aliphatic rings. The first-order valence-electron chi connectivity index (χ1n) is 5.14. The number of nitrogens with zero attached hydrogens (tertiary/aromatic N) is 2. The lowest BCUT2D eigenvalue weighted by molar-refractivity contribution is -0.0473. The molecule has 5 nitrogen and oxygen atoms in total. The van der Waals surface area contributed by atoms with Gasteiger partial charge in [0, 0.05) is 6.07 Å². The Hall–Kier alpha value is -1.20. The summed E-state index contributed by atoms with van der Waals surface area (Å²) in [6.07, 6.45) is 2.48. The average Bonchev–Trinajstić information content (AvgIpc) is 2.71. The maximum Gasteiger partial charge on any atom is 0.267 e. The van der Waals surface area contributed by atoms with Crippen LogP contribution in [0.25, 0.3) is 0 Å². The van der Waals surface area contributed by atoms with Crippen LogP contribution in [0.4, 0.5) is 0 Å². The van der Waals surface area contributed by atoms with E-state index >= 15 is 0 Å². The zero-order valence-electron chi connectivity index (χ0n) is 8.33. The van der Waals surface area contributed by atoms with Crippen molar-refractivity contribution in [2.24, 2.45) is 0 Å². The van der Waals surface area contributed by atoms with Gasteiger partial charge in [0.25, 0.3) is 5.56 Å². The van der Waals surface area contributed by atoms with Crippen molar-refractivity contribution in [3.63, 3.8) is 0 Å². The van der Waals surface area contributed by atoms with E-state index < -0.39 is 6.29 Å². The van der Waals surface area contributed by atoms with Crippen LogP contribution < -0.4 is 5.56 Å². The first kappa shape index (κ1) is 10.3. The molecule has 0 aromatic carbocycles. The van der Waals surface area contributed by atoms with Gasteiger partial charge in [-0.2, -0.15) is 5.10 Å². The molecule has 1 aromatic rings. The molecule has 1 saturated carbocycles. The number of hydrogen-bond acceptors (Lipinski definition) is 4. The zero-order valence-corrected chi connectivity index (χ0v) is 8.33. The Bertz CT molecular complexity index is 394. The van der Waals surface area contributed by atoms with E-state index in [2.05, 4.69) is 5.10 Å². The Morgan fingerprint density at radius 2 is 2.00 bits per heavy atom. The zero-order chi connectivity index (χ0) is 10.8. The summed E-state index contributed by atoms with van der Waals surface area (Å²) in [6.45, 7) is 0. The molecule has 0 aliphatic heterocycles. The Labute approximate surface area is 87.0 Å². The van der Waals surface area contributed by atoms with Gasteiger partial charge < -0.3 is 10.2 Å². The topological polar surface area (TPSA) is 75.3 Å². The first-order chi connectivity index (χ1) is 7.18. The van der Waals surface area contributed by atoms with E-state index in [1.807, 2.05) is 0 Å². The van der Waals surface area contributed by atoms with E-state index in [1.165, 1.54) is 16.8 Å². The molecule has 1 aromatic heterocycles.